The zero-order valence-electron chi connectivity index (χ0n) is 8.63. The fourth-order valence-corrected chi connectivity index (χ4v) is 1.44. The van der Waals surface area contributed by atoms with Crippen molar-refractivity contribution < 1.29 is 9.90 Å². The monoisotopic (exact) mass is 211 g/mol. The molecule has 1 aromatic rings. The van der Waals surface area contributed by atoms with Gasteiger partial charge in [-0.3, -0.25) is 4.79 Å². The van der Waals surface area contributed by atoms with Gasteiger partial charge >= 0.3 is 0 Å². The summed E-state index contributed by atoms with van der Waals surface area (Å²) in [5, 5.41) is 9.48. The molecule has 79 valence electrons. The van der Waals surface area contributed by atoms with Crippen molar-refractivity contribution in [2.24, 2.45) is 0 Å². The molecule has 2 heteroatoms. The molecule has 5 radical (unpaired) electrons. The Morgan fingerprint density at radius 1 is 1.12 bits per heavy atom. The summed E-state index contributed by atoms with van der Waals surface area (Å²) >= 11 is 0. The largest absolute Gasteiger partial charge is 0.507 e. The van der Waals surface area contributed by atoms with Crippen molar-refractivity contribution in [3.63, 3.8) is 0 Å². The molecule has 0 atom stereocenters. The van der Waals surface area contributed by atoms with Crippen molar-refractivity contribution in [3.8, 4) is 5.75 Å². The molecule has 0 unspecified atom stereocenters. The number of para-hydroxylation sites is 1. The van der Waals surface area contributed by atoms with Crippen LogP contribution in [-0.2, 0) is 0 Å². The number of hydrogen-bond donors (Lipinski definition) is 1. The smallest absolute Gasteiger partial charge is 0.189 e. The van der Waals surface area contributed by atoms with Crippen molar-refractivity contribution in [3.05, 3.63) is 73.6 Å². The van der Waals surface area contributed by atoms with Crippen LogP contribution in [0.5, 0.6) is 5.75 Å². The summed E-state index contributed by atoms with van der Waals surface area (Å²) in [7, 11) is 0. The van der Waals surface area contributed by atoms with Gasteiger partial charge in [0.2, 0.25) is 0 Å². The van der Waals surface area contributed by atoms with Crippen molar-refractivity contribution in [2.45, 2.75) is 0 Å². The van der Waals surface area contributed by atoms with E-state index in [1.165, 1.54) is 12.1 Å². The Kier molecular flexibility index (Phi) is 3.40. The number of ketones is 1. The molecular formula is C14H11O2. The lowest BCUT2D eigenvalue weighted by atomic mass is 10.0. The third-order valence-electron chi connectivity index (χ3n) is 2.29. The van der Waals surface area contributed by atoms with Gasteiger partial charge < -0.3 is 5.11 Å². The quantitative estimate of drug-likeness (QED) is 0.616. The van der Waals surface area contributed by atoms with Crippen LogP contribution in [0, 0.1) is 31.6 Å². The lowest BCUT2D eigenvalue weighted by Gasteiger charge is -2.00. The highest BCUT2D eigenvalue weighted by Gasteiger charge is 2.14. The van der Waals surface area contributed by atoms with Crippen LogP contribution in [-0.4, -0.2) is 10.9 Å². The number of carbonyl (C=O) groups is 1. The van der Waals surface area contributed by atoms with Crippen LogP contribution >= 0.6 is 0 Å². The molecule has 0 amide bonds. The lowest BCUT2D eigenvalue weighted by Crippen LogP contribution is -1.96. The average Bonchev–Trinajstić information content (AvgIpc) is 2.79. The first-order valence-electron chi connectivity index (χ1n) is 4.99. The summed E-state index contributed by atoms with van der Waals surface area (Å²) in [6, 6.07) is 6.52. The SMILES string of the molecule is O=C(/C=C/[C]1[CH][CH][CH][CH]1)c1ccccc1O. The van der Waals surface area contributed by atoms with E-state index in [0.717, 1.165) is 5.92 Å². The number of rotatable bonds is 3. The second-order valence-corrected chi connectivity index (χ2v) is 3.43. The van der Waals surface area contributed by atoms with E-state index in [-0.39, 0.29) is 11.5 Å². The van der Waals surface area contributed by atoms with Gasteiger partial charge in [0.25, 0.3) is 0 Å². The molecule has 1 N–H and O–H groups in total. The first-order valence-corrected chi connectivity index (χ1v) is 4.99. The fraction of sp³-hybridized carbons (Fsp3) is 0. The normalized spacial score (nSPS) is 17.0. The Balaban J connectivity index is 2.05. The third-order valence-corrected chi connectivity index (χ3v) is 2.29. The highest BCUT2D eigenvalue weighted by atomic mass is 16.3. The van der Waals surface area contributed by atoms with Crippen LogP contribution in [0.2, 0.25) is 0 Å². The fourth-order valence-electron chi connectivity index (χ4n) is 1.44. The minimum atomic E-state index is -0.195. The maximum absolute atomic E-state index is 11.7. The van der Waals surface area contributed by atoms with Gasteiger partial charge in [-0.2, -0.15) is 0 Å². The van der Waals surface area contributed by atoms with E-state index in [0.29, 0.717) is 5.56 Å². The minimum Gasteiger partial charge on any atom is -0.507 e. The Bertz CT molecular complexity index is 401. The Labute approximate surface area is 95.6 Å². The van der Waals surface area contributed by atoms with Crippen LogP contribution in [0.3, 0.4) is 0 Å². The highest BCUT2D eigenvalue weighted by Crippen LogP contribution is 2.24. The summed E-state index contributed by atoms with van der Waals surface area (Å²) in [4.78, 5) is 11.7. The summed E-state index contributed by atoms with van der Waals surface area (Å²) in [6.07, 6.45) is 10.8. The van der Waals surface area contributed by atoms with Gasteiger partial charge in [-0.1, -0.05) is 18.2 Å². The van der Waals surface area contributed by atoms with Gasteiger partial charge in [-0.25, -0.2) is 0 Å². The first-order chi connectivity index (χ1) is 7.77. The highest BCUT2D eigenvalue weighted by molar-refractivity contribution is 6.06. The number of aromatic hydroxyl groups is 1. The Hall–Kier alpha value is -1.57. The molecule has 1 aliphatic rings. The van der Waals surface area contributed by atoms with E-state index >= 15 is 0 Å². The molecule has 1 aliphatic carbocycles. The minimum absolute atomic E-state index is 0.0136. The van der Waals surface area contributed by atoms with E-state index in [2.05, 4.69) is 0 Å². The summed E-state index contributed by atoms with van der Waals surface area (Å²) < 4.78 is 0. The van der Waals surface area contributed by atoms with Crippen molar-refractivity contribution in [1.29, 1.82) is 0 Å². The summed E-state index contributed by atoms with van der Waals surface area (Å²) in [5.41, 5.74) is 0.324. The molecule has 0 heterocycles. The van der Waals surface area contributed by atoms with Gasteiger partial charge in [0, 0.05) is 5.92 Å². The zero-order valence-corrected chi connectivity index (χ0v) is 8.63. The predicted octanol–water partition coefficient (Wildman–Crippen LogP) is 2.54. The zero-order chi connectivity index (χ0) is 11.4. The maximum atomic E-state index is 11.7. The lowest BCUT2D eigenvalue weighted by molar-refractivity contribution is 0.104. The van der Waals surface area contributed by atoms with E-state index in [1.807, 2.05) is 25.7 Å². The Morgan fingerprint density at radius 3 is 2.50 bits per heavy atom. The average molecular weight is 211 g/mol. The number of allylic oxidation sites excluding steroid dienone is 2. The van der Waals surface area contributed by atoms with Gasteiger partial charge in [-0.15, -0.1) is 0 Å². The van der Waals surface area contributed by atoms with Crippen LogP contribution in [0.4, 0.5) is 0 Å². The topological polar surface area (TPSA) is 37.3 Å². The van der Waals surface area contributed by atoms with E-state index in [4.69, 9.17) is 0 Å². The van der Waals surface area contributed by atoms with Crippen LogP contribution in [0.1, 0.15) is 10.4 Å². The molecule has 0 aromatic heterocycles. The van der Waals surface area contributed by atoms with Gasteiger partial charge in [0.15, 0.2) is 5.78 Å². The van der Waals surface area contributed by atoms with Crippen molar-refractivity contribution >= 4 is 5.78 Å². The van der Waals surface area contributed by atoms with Crippen LogP contribution in [0.15, 0.2) is 36.4 Å². The maximum Gasteiger partial charge on any atom is 0.189 e. The molecule has 1 saturated carbocycles. The molecule has 0 spiro atoms. The molecule has 0 bridgehead atoms. The predicted molar refractivity (Wildman–Crippen MR) is 62.0 cm³/mol. The summed E-state index contributed by atoms with van der Waals surface area (Å²) in [5.74, 6) is 0.794. The number of phenols is 1. The molecule has 2 rings (SSSR count). The number of phenolic OH excluding ortho intramolecular Hbond substituents is 1. The molecular weight excluding hydrogens is 200 g/mol. The molecule has 16 heavy (non-hydrogen) atoms. The second-order valence-electron chi connectivity index (χ2n) is 3.43. The van der Waals surface area contributed by atoms with Crippen molar-refractivity contribution in [2.75, 3.05) is 0 Å². The standard InChI is InChI=1S/C14H11O2/c15-13-8-4-3-7-12(13)14(16)10-9-11-5-1-2-6-11/h1-10,15H/b10-9+. The number of carbonyl (C=O) groups excluding carboxylic acids is 1. The van der Waals surface area contributed by atoms with Gasteiger partial charge in [0.1, 0.15) is 5.75 Å². The number of hydrogen-bond acceptors (Lipinski definition) is 2. The molecule has 1 fully saturated rings. The molecule has 0 saturated heterocycles. The Morgan fingerprint density at radius 2 is 1.81 bits per heavy atom. The van der Waals surface area contributed by atoms with Crippen LogP contribution < -0.4 is 0 Å². The van der Waals surface area contributed by atoms with E-state index < -0.39 is 0 Å². The molecule has 0 aliphatic heterocycles. The van der Waals surface area contributed by atoms with Gasteiger partial charge in [0.05, 0.1) is 5.56 Å². The summed E-state index contributed by atoms with van der Waals surface area (Å²) in [6.45, 7) is 0. The third kappa shape index (κ3) is 2.51. The van der Waals surface area contributed by atoms with E-state index in [1.54, 1.807) is 24.3 Å². The van der Waals surface area contributed by atoms with Crippen LogP contribution in [0.25, 0.3) is 0 Å². The first kappa shape index (κ1) is 10.9. The van der Waals surface area contributed by atoms with Gasteiger partial charge in [-0.05, 0) is 43.9 Å². The molecule has 2 nitrogen and oxygen atoms in total. The van der Waals surface area contributed by atoms with Crippen molar-refractivity contribution in [1.82, 2.24) is 0 Å². The number of benzene rings is 1. The molecule has 1 aromatic carbocycles. The van der Waals surface area contributed by atoms with E-state index in [9.17, 15) is 9.90 Å². The second kappa shape index (κ2) is 4.97.